The van der Waals surface area contributed by atoms with Gasteiger partial charge in [-0.15, -0.1) is 0 Å². The number of hydrogen-bond donors (Lipinski definition) is 0. The molecule has 1 fully saturated rings. The van der Waals surface area contributed by atoms with Gasteiger partial charge in [-0.1, -0.05) is 56.3 Å². The van der Waals surface area contributed by atoms with Crippen molar-refractivity contribution in [3.8, 4) is 0 Å². The van der Waals surface area contributed by atoms with Gasteiger partial charge in [-0.25, -0.2) is 0 Å². The van der Waals surface area contributed by atoms with E-state index in [4.69, 9.17) is 9.47 Å². The topological polar surface area (TPSA) is 18.5 Å². The Morgan fingerprint density at radius 2 is 1.78 bits per heavy atom. The predicted octanol–water partition coefficient (Wildman–Crippen LogP) is 5.38. The number of benzene rings is 1. The minimum Gasteiger partial charge on any atom is -0.348 e. The first-order chi connectivity index (χ1) is 11.2. The standard InChI is InChI=1S/C21H32O2/c1-4-18(14-15-19-10-7-6-8-11-19)12-9-13-20(5-2)21(3)22-16-17-23-21/h6-12,18,20H,4-5,13-17H2,1-3H3/b12-9+/t18-,20+/m1/s1. The summed E-state index contributed by atoms with van der Waals surface area (Å²) in [6.45, 7) is 8.05. The van der Waals surface area contributed by atoms with Crippen LogP contribution in [0, 0.1) is 11.8 Å². The maximum Gasteiger partial charge on any atom is 0.168 e. The Hall–Kier alpha value is -1.12. The molecular weight excluding hydrogens is 284 g/mol. The van der Waals surface area contributed by atoms with Gasteiger partial charge in [0.2, 0.25) is 0 Å². The molecule has 2 nitrogen and oxygen atoms in total. The summed E-state index contributed by atoms with van der Waals surface area (Å²) in [6.07, 6.45) is 10.5. The van der Waals surface area contributed by atoms with E-state index in [0.717, 1.165) is 32.5 Å². The van der Waals surface area contributed by atoms with Crippen molar-refractivity contribution in [3.05, 3.63) is 48.0 Å². The van der Waals surface area contributed by atoms with Gasteiger partial charge >= 0.3 is 0 Å². The van der Waals surface area contributed by atoms with E-state index in [-0.39, 0.29) is 5.79 Å². The van der Waals surface area contributed by atoms with Crippen LogP contribution in [0.25, 0.3) is 0 Å². The third kappa shape index (κ3) is 5.47. The SMILES string of the molecule is CC[C@H](/C=C/C[C@H](CC)C1(C)OCCO1)CCc1ccccc1. The van der Waals surface area contributed by atoms with Gasteiger partial charge in [-0.3, -0.25) is 0 Å². The Kier molecular flexibility index (Phi) is 7.32. The maximum atomic E-state index is 5.83. The number of ether oxygens (including phenoxy) is 2. The van der Waals surface area contributed by atoms with E-state index in [1.807, 2.05) is 0 Å². The third-order valence-electron chi connectivity index (χ3n) is 5.09. The summed E-state index contributed by atoms with van der Waals surface area (Å²) >= 11 is 0. The molecule has 1 aromatic carbocycles. The highest BCUT2D eigenvalue weighted by molar-refractivity contribution is 5.14. The number of aryl methyl sites for hydroxylation is 1. The molecule has 1 aromatic rings. The molecule has 2 rings (SSSR count). The van der Waals surface area contributed by atoms with Crippen molar-refractivity contribution in [1.29, 1.82) is 0 Å². The Balaban J connectivity index is 1.81. The highest BCUT2D eigenvalue weighted by Gasteiger charge is 2.37. The van der Waals surface area contributed by atoms with Gasteiger partial charge in [0.15, 0.2) is 5.79 Å². The largest absolute Gasteiger partial charge is 0.348 e. The Morgan fingerprint density at radius 1 is 1.09 bits per heavy atom. The fourth-order valence-corrected chi connectivity index (χ4v) is 3.39. The fourth-order valence-electron chi connectivity index (χ4n) is 3.39. The molecule has 0 bridgehead atoms. The molecule has 0 spiro atoms. The zero-order valence-electron chi connectivity index (χ0n) is 15.0. The van der Waals surface area contributed by atoms with Gasteiger partial charge in [0.25, 0.3) is 0 Å². The maximum absolute atomic E-state index is 5.83. The molecule has 0 saturated carbocycles. The molecule has 2 atom stereocenters. The molecule has 0 N–H and O–H groups in total. The second kappa shape index (κ2) is 9.24. The zero-order chi connectivity index (χ0) is 16.5. The van der Waals surface area contributed by atoms with E-state index < -0.39 is 0 Å². The summed E-state index contributed by atoms with van der Waals surface area (Å²) in [5.74, 6) is 0.712. The first-order valence-electron chi connectivity index (χ1n) is 9.16. The van der Waals surface area contributed by atoms with Gasteiger partial charge in [0.05, 0.1) is 13.2 Å². The van der Waals surface area contributed by atoms with Crippen LogP contribution in [0.15, 0.2) is 42.5 Å². The van der Waals surface area contributed by atoms with Crippen molar-refractivity contribution in [2.45, 2.75) is 58.7 Å². The molecule has 1 saturated heterocycles. The molecule has 0 unspecified atom stereocenters. The molecule has 0 radical (unpaired) electrons. The van der Waals surface area contributed by atoms with E-state index in [1.165, 1.54) is 18.4 Å². The van der Waals surface area contributed by atoms with Crippen LogP contribution in [-0.2, 0) is 15.9 Å². The van der Waals surface area contributed by atoms with Crippen LogP contribution in [0.2, 0.25) is 0 Å². The van der Waals surface area contributed by atoms with Crippen molar-refractivity contribution in [2.75, 3.05) is 13.2 Å². The van der Waals surface area contributed by atoms with Gasteiger partial charge in [-0.2, -0.15) is 0 Å². The van der Waals surface area contributed by atoms with Crippen LogP contribution in [0.3, 0.4) is 0 Å². The molecule has 2 heteroatoms. The van der Waals surface area contributed by atoms with E-state index in [0.29, 0.717) is 11.8 Å². The van der Waals surface area contributed by atoms with Crippen molar-refractivity contribution < 1.29 is 9.47 Å². The summed E-state index contributed by atoms with van der Waals surface area (Å²) in [6, 6.07) is 10.8. The Morgan fingerprint density at radius 3 is 2.39 bits per heavy atom. The lowest BCUT2D eigenvalue weighted by Crippen LogP contribution is -2.35. The lowest BCUT2D eigenvalue weighted by molar-refractivity contribution is -0.181. The molecule has 1 heterocycles. The number of allylic oxidation sites excluding steroid dienone is 2. The molecule has 1 aliphatic rings. The average Bonchev–Trinajstić information content (AvgIpc) is 3.03. The van der Waals surface area contributed by atoms with Crippen LogP contribution in [0.5, 0.6) is 0 Å². The molecular formula is C21H32O2. The van der Waals surface area contributed by atoms with E-state index in [9.17, 15) is 0 Å². The highest BCUT2D eigenvalue weighted by Crippen LogP contribution is 2.32. The lowest BCUT2D eigenvalue weighted by atomic mass is 9.91. The van der Waals surface area contributed by atoms with Gasteiger partial charge < -0.3 is 9.47 Å². The minimum absolute atomic E-state index is 0.384. The summed E-state index contributed by atoms with van der Waals surface area (Å²) in [4.78, 5) is 0. The fraction of sp³-hybridized carbons (Fsp3) is 0.619. The molecule has 1 aliphatic heterocycles. The first-order valence-corrected chi connectivity index (χ1v) is 9.16. The smallest absolute Gasteiger partial charge is 0.168 e. The van der Waals surface area contributed by atoms with Crippen LogP contribution >= 0.6 is 0 Å². The zero-order valence-corrected chi connectivity index (χ0v) is 15.0. The molecule has 0 aromatic heterocycles. The number of hydrogen-bond acceptors (Lipinski definition) is 2. The van der Waals surface area contributed by atoms with Crippen molar-refractivity contribution in [2.24, 2.45) is 11.8 Å². The van der Waals surface area contributed by atoms with Gasteiger partial charge in [0, 0.05) is 5.92 Å². The van der Waals surface area contributed by atoms with Crippen molar-refractivity contribution in [1.82, 2.24) is 0 Å². The van der Waals surface area contributed by atoms with Crippen LogP contribution in [0.1, 0.15) is 52.0 Å². The number of rotatable bonds is 9. The summed E-state index contributed by atoms with van der Waals surface area (Å²) in [7, 11) is 0. The van der Waals surface area contributed by atoms with E-state index >= 15 is 0 Å². The molecule has 128 valence electrons. The predicted molar refractivity (Wildman–Crippen MR) is 96.4 cm³/mol. The summed E-state index contributed by atoms with van der Waals surface area (Å²) < 4.78 is 11.7. The molecule has 0 amide bonds. The second-order valence-electron chi connectivity index (χ2n) is 6.67. The van der Waals surface area contributed by atoms with E-state index in [2.05, 4.69) is 63.3 Å². The summed E-state index contributed by atoms with van der Waals surface area (Å²) in [5, 5.41) is 0. The van der Waals surface area contributed by atoms with Crippen molar-refractivity contribution >= 4 is 0 Å². The first kappa shape index (κ1) is 18.2. The van der Waals surface area contributed by atoms with Crippen LogP contribution in [-0.4, -0.2) is 19.0 Å². The van der Waals surface area contributed by atoms with Crippen molar-refractivity contribution in [3.63, 3.8) is 0 Å². The van der Waals surface area contributed by atoms with Crippen LogP contribution in [0.4, 0.5) is 0 Å². The minimum atomic E-state index is -0.384. The monoisotopic (exact) mass is 316 g/mol. The Bertz CT molecular complexity index is 460. The van der Waals surface area contributed by atoms with Gasteiger partial charge in [0.1, 0.15) is 0 Å². The molecule has 0 aliphatic carbocycles. The highest BCUT2D eigenvalue weighted by atomic mass is 16.7. The van der Waals surface area contributed by atoms with Crippen LogP contribution < -0.4 is 0 Å². The quantitative estimate of drug-likeness (QED) is 0.569. The van der Waals surface area contributed by atoms with Gasteiger partial charge in [-0.05, 0) is 50.5 Å². The lowest BCUT2D eigenvalue weighted by Gasteiger charge is -2.31. The Labute approximate surface area is 141 Å². The second-order valence-corrected chi connectivity index (χ2v) is 6.67. The summed E-state index contributed by atoms with van der Waals surface area (Å²) in [5.41, 5.74) is 1.44. The molecule has 23 heavy (non-hydrogen) atoms. The normalized spacial score (nSPS) is 20.0. The van der Waals surface area contributed by atoms with E-state index in [1.54, 1.807) is 0 Å². The third-order valence-corrected chi connectivity index (χ3v) is 5.09. The average molecular weight is 316 g/mol.